The van der Waals surface area contributed by atoms with E-state index >= 15 is 0 Å². The highest BCUT2D eigenvalue weighted by molar-refractivity contribution is 9.10. The molecule has 0 radical (unpaired) electrons. The van der Waals surface area contributed by atoms with Gasteiger partial charge in [0.1, 0.15) is 5.82 Å². The third-order valence-electron chi connectivity index (χ3n) is 3.59. The fraction of sp³-hybridized carbons (Fsp3) is 0.267. The van der Waals surface area contributed by atoms with Crippen molar-refractivity contribution < 1.29 is 4.39 Å². The Bertz CT molecular complexity index is 699. The largest absolute Gasteiger partial charge is 0.378 e. The van der Waals surface area contributed by atoms with Crippen LogP contribution in [0.25, 0.3) is 0 Å². The Kier molecular flexibility index (Phi) is 3.61. The molecule has 1 aliphatic carbocycles. The zero-order chi connectivity index (χ0) is 14.1. The minimum atomic E-state index is -0.285. The molecule has 3 rings (SSSR count). The number of H-pyrrole nitrogens is 1. The molecular formula is C15H14BrFN2O. The molecule has 1 atom stereocenters. The number of pyridine rings is 1. The van der Waals surface area contributed by atoms with Gasteiger partial charge >= 0.3 is 0 Å². The summed E-state index contributed by atoms with van der Waals surface area (Å²) in [4.78, 5) is 14.2. The molecule has 0 amide bonds. The third kappa shape index (κ3) is 2.63. The van der Waals surface area contributed by atoms with Gasteiger partial charge in [0.25, 0.3) is 0 Å². The molecule has 104 valence electrons. The second kappa shape index (κ2) is 5.40. The number of benzene rings is 1. The van der Waals surface area contributed by atoms with Gasteiger partial charge in [0, 0.05) is 17.4 Å². The molecule has 1 heterocycles. The van der Waals surface area contributed by atoms with Crippen LogP contribution in [0.3, 0.4) is 0 Å². The quantitative estimate of drug-likeness (QED) is 0.876. The van der Waals surface area contributed by atoms with Crippen molar-refractivity contribution in [2.24, 2.45) is 0 Å². The summed E-state index contributed by atoms with van der Waals surface area (Å²) in [5.41, 5.74) is 2.76. The van der Waals surface area contributed by atoms with Crippen molar-refractivity contribution in [3.63, 3.8) is 0 Å². The smallest absolute Gasteiger partial charge is 0.248 e. The van der Waals surface area contributed by atoms with E-state index in [1.165, 1.54) is 6.07 Å². The molecule has 1 aromatic heterocycles. The summed E-state index contributed by atoms with van der Waals surface area (Å²) in [6.45, 7) is 0. The minimum Gasteiger partial charge on any atom is -0.378 e. The second-order valence-electron chi connectivity index (χ2n) is 4.97. The average Bonchev–Trinajstić information content (AvgIpc) is 2.43. The standard InChI is InChI=1S/C15H14BrFN2O/c16-11-6-4-9(8-12(11)17)18-13-2-1-3-14-10(13)5-7-15(20)19-14/h4-8,13,18H,1-3H2,(H,19,20). The molecule has 0 bridgehead atoms. The molecule has 0 spiro atoms. The molecule has 0 aliphatic heterocycles. The van der Waals surface area contributed by atoms with E-state index in [2.05, 4.69) is 26.2 Å². The van der Waals surface area contributed by atoms with E-state index in [0.717, 1.165) is 36.2 Å². The highest BCUT2D eigenvalue weighted by Crippen LogP contribution is 2.31. The molecule has 1 unspecified atom stereocenters. The van der Waals surface area contributed by atoms with Gasteiger partial charge in [-0.2, -0.15) is 0 Å². The van der Waals surface area contributed by atoms with Crippen LogP contribution in [0, 0.1) is 5.82 Å². The normalized spacial score (nSPS) is 17.6. The van der Waals surface area contributed by atoms with E-state index in [1.807, 2.05) is 12.1 Å². The first kappa shape index (κ1) is 13.4. The predicted octanol–water partition coefficient (Wildman–Crippen LogP) is 3.77. The number of aromatic nitrogens is 1. The lowest BCUT2D eigenvalue weighted by Crippen LogP contribution is -2.21. The van der Waals surface area contributed by atoms with Gasteiger partial charge in [0.2, 0.25) is 5.56 Å². The maximum absolute atomic E-state index is 13.5. The summed E-state index contributed by atoms with van der Waals surface area (Å²) in [6, 6.07) is 8.52. The number of aryl methyl sites for hydroxylation is 1. The lowest BCUT2D eigenvalue weighted by Gasteiger charge is -2.26. The van der Waals surface area contributed by atoms with Gasteiger partial charge < -0.3 is 10.3 Å². The van der Waals surface area contributed by atoms with Crippen LogP contribution in [-0.4, -0.2) is 4.98 Å². The van der Waals surface area contributed by atoms with Crippen LogP contribution in [0.15, 0.2) is 39.6 Å². The first-order valence-electron chi connectivity index (χ1n) is 6.57. The van der Waals surface area contributed by atoms with Crippen LogP contribution in [0.2, 0.25) is 0 Å². The van der Waals surface area contributed by atoms with Crippen molar-refractivity contribution in [3.05, 3.63) is 62.2 Å². The van der Waals surface area contributed by atoms with E-state index in [4.69, 9.17) is 0 Å². The average molecular weight is 337 g/mol. The van der Waals surface area contributed by atoms with Gasteiger partial charge in [0.05, 0.1) is 10.5 Å². The van der Waals surface area contributed by atoms with Gasteiger partial charge in [-0.05, 0) is 65.0 Å². The summed E-state index contributed by atoms with van der Waals surface area (Å²) in [6.07, 6.45) is 2.86. The van der Waals surface area contributed by atoms with Gasteiger partial charge in [0.15, 0.2) is 0 Å². The summed E-state index contributed by atoms with van der Waals surface area (Å²) in [7, 11) is 0. The van der Waals surface area contributed by atoms with Crippen molar-refractivity contribution >= 4 is 21.6 Å². The first-order chi connectivity index (χ1) is 9.63. The van der Waals surface area contributed by atoms with Crippen molar-refractivity contribution in [1.82, 2.24) is 4.98 Å². The maximum Gasteiger partial charge on any atom is 0.248 e. The summed E-state index contributed by atoms with van der Waals surface area (Å²) in [5, 5.41) is 3.34. The molecule has 2 aromatic rings. The number of nitrogens with one attached hydrogen (secondary N) is 2. The topological polar surface area (TPSA) is 44.9 Å². The summed E-state index contributed by atoms with van der Waals surface area (Å²) in [5.74, 6) is -0.285. The number of hydrogen-bond donors (Lipinski definition) is 2. The fourth-order valence-corrected chi connectivity index (χ4v) is 2.88. The predicted molar refractivity (Wildman–Crippen MR) is 80.5 cm³/mol. The van der Waals surface area contributed by atoms with Crippen LogP contribution in [-0.2, 0) is 6.42 Å². The van der Waals surface area contributed by atoms with Crippen LogP contribution >= 0.6 is 15.9 Å². The zero-order valence-electron chi connectivity index (χ0n) is 10.7. The zero-order valence-corrected chi connectivity index (χ0v) is 12.3. The van der Waals surface area contributed by atoms with Crippen LogP contribution in [0.1, 0.15) is 30.1 Å². The minimum absolute atomic E-state index is 0.0703. The molecule has 5 heteroatoms. The first-order valence-corrected chi connectivity index (χ1v) is 7.36. The van der Waals surface area contributed by atoms with E-state index in [1.54, 1.807) is 12.1 Å². The lowest BCUT2D eigenvalue weighted by atomic mass is 9.91. The molecule has 0 saturated heterocycles. The number of hydrogen-bond acceptors (Lipinski definition) is 2. The van der Waals surface area contributed by atoms with Crippen molar-refractivity contribution in [2.45, 2.75) is 25.3 Å². The Labute approximate surface area is 124 Å². The summed E-state index contributed by atoms with van der Waals surface area (Å²) >= 11 is 3.15. The molecule has 1 aliphatic rings. The SMILES string of the molecule is O=c1ccc2c([nH]1)CCCC2Nc1ccc(Br)c(F)c1. The molecule has 3 nitrogen and oxygen atoms in total. The molecule has 1 aromatic carbocycles. The number of fused-ring (bicyclic) bond motifs is 1. The van der Waals surface area contributed by atoms with Crippen molar-refractivity contribution in [1.29, 1.82) is 0 Å². The molecule has 2 N–H and O–H groups in total. The number of anilines is 1. The van der Waals surface area contributed by atoms with E-state index in [9.17, 15) is 9.18 Å². The Morgan fingerprint density at radius 1 is 1.30 bits per heavy atom. The maximum atomic E-state index is 13.5. The van der Waals surface area contributed by atoms with Gasteiger partial charge in [-0.15, -0.1) is 0 Å². The highest BCUT2D eigenvalue weighted by atomic mass is 79.9. The Balaban J connectivity index is 1.89. The van der Waals surface area contributed by atoms with Crippen LogP contribution in [0.5, 0.6) is 0 Å². The van der Waals surface area contributed by atoms with Crippen molar-refractivity contribution in [2.75, 3.05) is 5.32 Å². The van der Waals surface area contributed by atoms with Crippen LogP contribution in [0.4, 0.5) is 10.1 Å². The lowest BCUT2D eigenvalue weighted by molar-refractivity contribution is 0.585. The number of rotatable bonds is 2. The van der Waals surface area contributed by atoms with Gasteiger partial charge in [-0.1, -0.05) is 0 Å². The molecular weight excluding hydrogens is 323 g/mol. The van der Waals surface area contributed by atoms with Crippen LogP contribution < -0.4 is 10.9 Å². The van der Waals surface area contributed by atoms with Crippen molar-refractivity contribution in [3.8, 4) is 0 Å². The number of halogens is 2. The Morgan fingerprint density at radius 2 is 2.15 bits per heavy atom. The van der Waals surface area contributed by atoms with E-state index in [-0.39, 0.29) is 17.4 Å². The Hall–Kier alpha value is -1.62. The summed E-state index contributed by atoms with van der Waals surface area (Å²) < 4.78 is 14.0. The molecule has 0 fully saturated rings. The molecule has 0 saturated carbocycles. The van der Waals surface area contributed by atoms with Gasteiger partial charge in [-0.3, -0.25) is 4.79 Å². The monoisotopic (exact) mass is 336 g/mol. The third-order valence-corrected chi connectivity index (χ3v) is 4.24. The highest BCUT2D eigenvalue weighted by Gasteiger charge is 2.20. The number of aromatic amines is 1. The van der Waals surface area contributed by atoms with E-state index < -0.39 is 0 Å². The van der Waals surface area contributed by atoms with E-state index in [0.29, 0.717) is 4.47 Å². The Morgan fingerprint density at radius 3 is 2.95 bits per heavy atom. The van der Waals surface area contributed by atoms with Gasteiger partial charge in [-0.25, -0.2) is 4.39 Å². The fourth-order valence-electron chi connectivity index (χ4n) is 2.64. The molecule has 20 heavy (non-hydrogen) atoms. The second-order valence-corrected chi connectivity index (χ2v) is 5.83.